The second-order valence-electron chi connectivity index (χ2n) is 4.24. The van der Waals surface area contributed by atoms with Gasteiger partial charge in [0.15, 0.2) is 0 Å². The van der Waals surface area contributed by atoms with E-state index in [9.17, 15) is 0 Å². The molecule has 0 fully saturated rings. The predicted molar refractivity (Wildman–Crippen MR) is 72.8 cm³/mol. The molecule has 2 N–H and O–H groups in total. The highest BCUT2D eigenvalue weighted by Gasteiger charge is 2.01. The summed E-state index contributed by atoms with van der Waals surface area (Å²) < 4.78 is 0. The van der Waals surface area contributed by atoms with E-state index in [1.54, 1.807) is 0 Å². The van der Waals surface area contributed by atoms with Gasteiger partial charge in [0.2, 0.25) is 0 Å². The molecule has 0 aliphatic heterocycles. The van der Waals surface area contributed by atoms with E-state index >= 15 is 0 Å². The van der Waals surface area contributed by atoms with Gasteiger partial charge in [-0.15, -0.1) is 0 Å². The van der Waals surface area contributed by atoms with Gasteiger partial charge in [-0.2, -0.15) is 0 Å². The number of rotatable bonds is 6. The van der Waals surface area contributed by atoms with Crippen molar-refractivity contribution in [3.8, 4) is 0 Å². The Morgan fingerprint density at radius 3 is 2.06 bits per heavy atom. The van der Waals surface area contributed by atoms with Gasteiger partial charge in [0, 0.05) is 6.61 Å². The van der Waals surface area contributed by atoms with E-state index in [0.717, 1.165) is 12.0 Å². The minimum absolute atomic E-state index is 0.140. The maximum absolute atomic E-state index is 8.75. The van der Waals surface area contributed by atoms with Gasteiger partial charge in [-0.05, 0) is 17.9 Å². The SMILES string of the molecule is CCCCC(CC)CO.OCc1ccccc1. The Kier molecular flexibility index (Phi) is 11.0. The van der Waals surface area contributed by atoms with Crippen LogP contribution in [0.3, 0.4) is 0 Å². The molecule has 2 nitrogen and oxygen atoms in total. The molecule has 0 aliphatic rings. The highest BCUT2D eigenvalue weighted by atomic mass is 16.3. The van der Waals surface area contributed by atoms with Gasteiger partial charge in [-0.25, -0.2) is 0 Å². The van der Waals surface area contributed by atoms with Crippen molar-refractivity contribution in [1.82, 2.24) is 0 Å². The van der Waals surface area contributed by atoms with Crippen LogP contribution in [0.5, 0.6) is 0 Å². The van der Waals surface area contributed by atoms with Crippen LogP contribution in [0.2, 0.25) is 0 Å². The lowest BCUT2D eigenvalue weighted by Crippen LogP contribution is -2.03. The monoisotopic (exact) mass is 238 g/mol. The number of hydrogen-bond donors (Lipinski definition) is 2. The van der Waals surface area contributed by atoms with Crippen molar-refractivity contribution < 1.29 is 10.2 Å². The second kappa shape index (κ2) is 11.6. The number of unbranched alkanes of at least 4 members (excludes halogenated alkanes) is 1. The number of benzene rings is 1. The molecule has 17 heavy (non-hydrogen) atoms. The molecule has 0 bridgehead atoms. The summed E-state index contributed by atoms with van der Waals surface area (Å²) >= 11 is 0. The van der Waals surface area contributed by atoms with E-state index in [4.69, 9.17) is 10.2 Å². The van der Waals surface area contributed by atoms with E-state index in [-0.39, 0.29) is 6.61 Å². The summed E-state index contributed by atoms with van der Waals surface area (Å²) in [6.45, 7) is 4.83. The molecule has 0 aliphatic carbocycles. The van der Waals surface area contributed by atoms with Crippen LogP contribution in [0.4, 0.5) is 0 Å². The third-order valence-corrected chi connectivity index (χ3v) is 2.83. The minimum Gasteiger partial charge on any atom is -0.396 e. The summed E-state index contributed by atoms with van der Waals surface area (Å²) in [4.78, 5) is 0. The highest BCUT2D eigenvalue weighted by molar-refractivity contribution is 5.12. The molecule has 2 heteroatoms. The minimum atomic E-state index is 0.140. The van der Waals surface area contributed by atoms with Crippen LogP contribution in [-0.4, -0.2) is 16.8 Å². The lowest BCUT2D eigenvalue weighted by atomic mass is 10.0. The lowest BCUT2D eigenvalue weighted by molar-refractivity contribution is 0.212. The lowest BCUT2D eigenvalue weighted by Gasteiger charge is -2.08. The van der Waals surface area contributed by atoms with Gasteiger partial charge in [0.05, 0.1) is 6.61 Å². The molecule has 0 spiro atoms. The molecule has 1 atom stereocenters. The van der Waals surface area contributed by atoms with Crippen LogP contribution >= 0.6 is 0 Å². The first-order chi connectivity index (χ1) is 8.28. The molecular weight excluding hydrogens is 212 g/mol. The van der Waals surface area contributed by atoms with Gasteiger partial charge < -0.3 is 10.2 Å². The Bertz CT molecular complexity index is 242. The molecular formula is C15H26O2. The third-order valence-electron chi connectivity index (χ3n) is 2.83. The van der Waals surface area contributed by atoms with Crippen molar-refractivity contribution in [1.29, 1.82) is 0 Å². The average molecular weight is 238 g/mol. The normalized spacial score (nSPS) is 11.5. The highest BCUT2D eigenvalue weighted by Crippen LogP contribution is 2.10. The smallest absolute Gasteiger partial charge is 0.0681 e. The third kappa shape index (κ3) is 8.90. The molecule has 0 saturated carbocycles. The Labute approximate surface area is 105 Å². The summed E-state index contributed by atoms with van der Waals surface area (Å²) in [6.07, 6.45) is 4.83. The second-order valence-corrected chi connectivity index (χ2v) is 4.24. The maximum Gasteiger partial charge on any atom is 0.0681 e. The van der Waals surface area contributed by atoms with E-state index in [2.05, 4.69) is 13.8 Å². The van der Waals surface area contributed by atoms with E-state index in [0.29, 0.717) is 12.5 Å². The van der Waals surface area contributed by atoms with Crippen LogP contribution < -0.4 is 0 Å². The van der Waals surface area contributed by atoms with Crippen molar-refractivity contribution >= 4 is 0 Å². The first kappa shape index (κ1) is 16.1. The summed E-state index contributed by atoms with van der Waals surface area (Å²) in [7, 11) is 0. The molecule has 1 rings (SSSR count). The van der Waals surface area contributed by atoms with Gasteiger partial charge in [-0.1, -0.05) is 63.4 Å². The summed E-state index contributed by atoms with van der Waals surface area (Å²) in [5.41, 5.74) is 0.965. The molecule has 0 radical (unpaired) electrons. The van der Waals surface area contributed by atoms with Gasteiger partial charge >= 0.3 is 0 Å². The zero-order valence-corrected chi connectivity index (χ0v) is 11.1. The largest absolute Gasteiger partial charge is 0.396 e. The van der Waals surface area contributed by atoms with E-state index < -0.39 is 0 Å². The van der Waals surface area contributed by atoms with Crippen LogP contribution in [0, 0.1) is 5.92 Å². The molecule has 0 heterocycles. The fraction of sp³-hybridized carbons (Fsp3) is 0.600. The molecule has 98 valence electrons. The van der Waals surface area contributed by atoms with Crippen LogP contribution in [0.1, 0.15) is 45.1 Å². The molecule has 1 aromatic rings. The number of hydrogen-bond acceptors (Lipinski definition) is 2. The maximum atomic E-state index is 8.75. The Morgan fingerprint density at radius 1 is 1.06 bits per heavy atom. The zero-order chi connectivity index (χ0) is 12.9. The predicted octanol–water partition coefficient (Wildman–Crippen LogP) is 3.37. The quantitative estimate of drug-likeness (QED) is 0.797. The molecule has 1 aromatic carbocycles. The van der Waals surface area contributed by atoms with Crippen molar-refractivity contribution in [2.75, 3.05) is 6.61 Å². The van der Waals surface area contributed by atoms with Gasteiger partial charge in [0.25, 0.3) is 0 Å². The number of aliphatic hydroxyl groups is 2. The van der Waals surface area contributed by atoms with Crippen molar-refractivity contribution in [2.45, 2.75) is 46.1 Å². The molecule has 1 unspecified atom stereocenters. The standard InChI is InChI=1S/C8H18O.C7H8O/c1-3-5-6-8(4-2)7-9;8-6-7-4-2-1-3-5-7/h8-9H,3-7H2,1-2H3;1-5,8H,6H2. The van der Waals surface area contributed by atoms with Crippen LogP contribution in [0.25, 0.3) is 0 Å². The van der Waals surface area contributed by atoms with E-state index in [1.807, 2.05) is 30.3 Å². The van der Waals surface area contributed by atoms with Gasteiger partial charge in [0.1, 0.15) is 0 Å². The molecule has 0 saturated heterocycles. The zero-order valence-electron chi connectivity index (χ0n) is 11.1. The van der Waals surface area contributed by atoms with E-state index in [1.165, 1.54) is 19.3 Å². The van der Waals surface area contributed by atoms with Crippen molar-refractivity contribution in [2.24, 2.45) is 5.92 Å². The fourth-order valence-electron chi connectivity index (χ4n) is 1.50. The molecule has 0 amide bonds. The number of aliphatic hydroxyl groups excluding tert-OH is 2. The van der Waals surface area contributed by atoms with Crippen LogP contribution in [0.15, 0.2) is 30.3 Å². The molecule has 0 aromatic heterocycles. The fourth-order valence-corrected chi connectivity index (χ4v) is 1.50. The first-order valence-corrected chi connectivity index (χ1v) is 6.54. The Balaban J connectivity index is 0.000000302. The van der Waals surface area contributed by atoms with Crippen molar-refractivity contribution in [3.05, 3.63) is 35.9 Å². The van der Waals surface area contributed by atoms with Crippen molar-refractivity contribution in [3.63, 3.8) is 0 Å². The first-order valence-electron chi connectivity index (χ1n) is 6.54. The Morgan fingerprint density at radius 2 is 1.71 bits per heavy atom. The van der Waals surface area contributed by atoms with Gasteiger partial charge in [-0.3, -0.25) is 0 Å². The Hall–Kier alpha value is -0.860. The topological polar surface area (TPSA) is 40.5 Å². The summed E-state index contributed by atoms with van der Waals surface area (Å²) in [5, 5.41) is 17.3. The summed E-state index contributed by atoms with van der Waals surface area (Å²) in [5.74, 6) is 0.560. The summed E-state index contributed by atoms with van der Waals surface area (Å²) in [6, 6.07) is 9.52. The average Bonchev–Trinajstić information content (AvgIpc) is 2.42. The van der Waals surface area contributed by atoms with Crippen LogP contribution in [-0.2, 0) is 6.61 Å².